The van der Waals surface area contributed by atoms with Gasteiger partial charge in [-0.25, -0.2) is 4.98 Å². The van der Waals surface area contributed by atoms with Gasteiger partial charge in [0.15, 0.2) is 11.5 Å². The van der Waals surface area contributed by atoms with Crippen LogP contribution < -0.4 is 0 Å². The lowest BCUT2D eigenvalue weighted by Crippen LogP contribution is -1.77. The molecule has 3 aromatic rings. The Labute approximate surface area is 113 Å². The highest BCUT2D eigenvalue weighted by atomic mass is 16.3. The van der Waals surface area contributed by atoms with Gasteiger partial charge in [0, 0.05) is 6.42 Å². The maximum Gasteiger partial charge on any atom is 0.199 e. The Hall–Kier alpha value is -2.35. The van der Waals surface area contributed by atoms with E-state index in [2.05, 4.69) is 4.98 Å². The van der Waals surface area contributed by atoms with E-state index in [9.17, 15) is 0 Å². The largest absolute Gasteiger partial charge is 0.440 e. The second-order valence-corrected chi connectivity index (χ2v) is 4.00. The van der Waals surface area contributed by atoms with E-state index in [-0.39, 0.29) is 0 Å². The van der Waals surface area contributed by atoms with Crippen LogP contribution in [0.1, 0.15) is 12.8 Å². The van der Waals surface area contributed by atoms with E-state index in [1.165, 1.54) is 0 Å². The number of rotatable bonds is 2. The van der Waals surface area contributed by atoms with Crippen molar-refractivity contribution in [3.8, 4) is 0 Å². The van der Waals surface area contributed by atoms with Crippen LogP contribution in [0.15, 0.2) is 77.2 Å². The standard InChI is InChI=1S/C11H11NO.C6H6/c1-2-3-8-11-12-9-6-4-5-7-10(9)13-11;1-2-4-6-5-3-1/h2-7H,8H2,1H3;1-6H. The normalized spacial score (nSPS) is 10.4. The van der Waals surface area contributed by atoms with Gasteiger partial charge in [-0.15, -0.1) is 0 Å². The van der Waals surface area contributed by atoms with Gasteiger partial charge in [-0.1, -0.05) is 60.7 Å². The maximum atomic E-state index is 5.51. The third-order valence-corrected chi connectivity index (χ3v) is 2.53. The van der Waals surface area contributed by atoms with Crippen molar-refractivity contribution in [2.45, 2.75) is 13.3 Å². The first-order chi connectivity index (χ1) is 9.40. The van der Waals surface area contributed by atoms with Crippen molar-refractivity contribution in [3.05, 3.63) is 78.7 Å². The molecule has 0 saturated carbocycles. The lowest BCUT2D eigenvalue weighted by Gasteiger charge is -1.83. The van der Waals surface area contributed by atoms with E-state index in [0.29, 0.717) is 0 Å². The number of allylic oxidation sites excluding steroid dienone is 2. The molecule has 3 rings (SSSR count). The Bertz CT molecular complexity index is 566. The number of oxazole rings is 1. The molecule has 0 unspecified atom stereocenters. The molecule has 0 N–H and O–H groups in total. The second kappa shape index (κ2) is 7.17. The highest BCUT2D eigenvalue weighted by Crippen LogP contribution is 2.14. The molecule has 0 aliphatic heterocycles. The molecule has 0 aliphatic carbocycles. The number of hydrogen-bond donors (Lipinski definition) is 0. The SMILES string of the molecule is CC=CCc1nc2ccccc2o1.c1ccccc1. The van der Waals surface area contributed by atoms with Crippen molar-refractivity contribution in [1.82, 2.24) is 4.98 Å². The Morgan fingerprint density at radius 2 is 1.58 bits per heavy atom. The summed E-state index contributed by atoms with van der Waals surface area (Å²) in [6, 6.07) is 19.8. The van der Waals surface area contributed by atoms with Gasteiger partial charge in [0.05, 0.1) is 0 Å². The first-order valence-corrected chi connectivity index (χ1v) is 6.36. The summed E-state index contributed by atoms with van der Waals surface area (Å²) in [6.07, 6.45) is 4.80. The molecule has 0 bridgehead atoms. The van der Waals surface area contributed by atoms with Crippen molar-refractivity contribution in [3.63, 3.8) is 0 Å². The van der Waals surface area contributed by atoms with Crippen LogP contribution in [0.25, 0.3) is 11.1 Å². The van der Waals surface area contributed by atoms with Crippen LogP contribution in [-0.2, 0) is 6.42 Å². The highest BCUT2D eigenvalue weighted by molar-refractivity contribution is 5.72. The smallest absolute Gasteiger partial charge is 0.199 e. The first kappa shape index (κ1) is 13.1. The minimum Gasteiger partial charge on any atom is -0.440 e. The number of aromatic nitrogens is 1. The minimum absolute atomic E-state index is 0.769. The fourth-order valence-electron chi connectivity index (χ4n) is 1.61. The van der Waals surface area contributed by atoms with Crippen molar-refractivity contribution in [1.29, 1.82) is 0 Å². The third kappa shape index (κ3) is 4.11. The zero-order valence-corrected chi connectivity index (χ0v) is 11.0. The molecule has 19 heavy (non-hydrogen) atoms. The van der Waals surface area contributed by atoms with Crippen molar-refractivity contribution < 1.29 is 4.42 Å². The quantitative estimate of drug-likeness (QED) is 0.620. The van der Waals surface area contributed by atoms with Crippen LogP contribution in [0.5, 0.6) is 0 Å². The van der Waals surface area contributed by atoms with Crippen molar-refractivity contribution >= 4 is 11.1 Å². The number of hydrogen-bond acceptors (Lipinski definition) is 2. The van der Waals surface area contributed by atoms with E-state index in [1.807, 2.05) is 79.7 Å². The second-order valence-electron chi connectivity index (χ2n) is 4.00. The van der Waals surface area contributed by atoms with Gasteiger partial charge in [0.25, 0.3) is 0 Å². The van der Waals surface area contributed by atoms with Gasteiger partial charge in [-0.05, 0) is 19.1 Å². The minimum atomic E-state index is 0.769. The molecule has 0 aliphatic rings. The molecule has 1 aromatic heterocycles. The third-order valence-electron chi connectivity index (χ3n) is 2.53. The monoisotopic (exact) mass is 251 g/mol. The zero-order chi connectivity index (χ0) is 13.3. The predicted octanol–water partition coefficient (Wildman–Crippen LogP) is 4.63. The summed E-state index contributed by atoms with van der Waals surface area (Å²) >= 11 is 0. The Kier molecular flexibility index (Phi) is 4.94. The summed E-state index contributed by atoms with van der Waals surface area (Å²) in [4.78, 5) is 4.33. The highest BCUT2D eigenvalue weighted by Gasteiger charge is 2.01. The molecular formula is C17H17NO. The summed E-state index contributed by atoms with van der Waals surface area (Å²) in [5, 5.41) is 0. The summed E-state index contributed by atoms with van der Waals surface area (Å²) in [6.45, 7) is 1.99. The molecule has 0 saturated heterocycles. The van der Waals surface area contributed by atoms with Crippen LogP contribution in [0.3, 0.4) is 0 Å². The Morgan fingerprint density at radius 3 is 2.16 bits per heavy atom. The number of benzene rings is 2. The lowest BCUT2D eigenvalue weighted by molar-refractivity contribution is 0.546. The number of para-hydroxylation sites is 2. The van der Waals surface area contributed by atoms with Gasteiger partial charge in [0.2, 0.25) is 0 Å². The van der Waals surface area contributed by atoms with Crippen LogP contribution in [0, 0.1) is 0 Å². The van der Waals surface area contributed by atoms with Crippen LogP contribution >= 0.6 is 0 Å². The summed E-state index contributed by atoms with van der Waals surface area (Å²) in [5.41, 5.74) is 1.80. The number of nitrogens with zero attached hydrogens (tertiary/aromatic N) is 1. The van der Waals surface area contributed by atoms with Crippen LogP contribution in [0.2, 0.25) is 0 Å². The van der Waals surface area contributed by atoms with E-state index in [4.69, 9.17) is 4.42 Å². The molecule has 0 radical (unpaired) electrons. The maximum absolute atomic E-state index is 5.51. The Morgan fingerprint density at radius 1 is 0.947 bits per heavy atom. The van der Waals surface area contributed by atoms with Gasteiger partial charge < -0.3 is 4.42 Å². The predicted molar refractivity (Wildman–Crippen MR) is 79.0 cm³/mol. The van der Waals surface area contributed by atoms with Crippen LogP contribution in [-0.4, -0.2) is 4.98 Å². The van der Waals surface area contributed by atoms with Crippen LogP contribution in [0.4, 0.5) is 0 Å². The molecule has 0 amide bonds. The summed E-state index contributed by atoms with van der Waals surface area (Å²) in [7, 11) is 0. The van der Waals surface area contributed by atoms with E-state index in [1.54, 1.807) is 0 Å². The molecule has 2 heteroatoms. The average molecular weight is 251 g/mol. The molecule has 1 heterocycles. The molecule has 0 spiro atoms. The zero-order valence-electron chi connectivity index (χ0n) is 11.0. The fraction of sp³-hybridized carbons (Fsp3) is 0.118. The van der Waals surface area contributed by atoms with E-state index in [0.717, 1.165) is 23.4 Å². The topological polar surface area (TPSA) is 26.0 Å². The molecule has 0 atom stereocenters. The van der Waals surface area contributed by atoms with Gasteiger partial charge in [-0.2, -0.15) is 0 Å². The van der Waals surface area contributed by atoms with Gasteiger partial charge in [-0.3, -0.25) is 0 Å². The first-order valence-electron chi connectivity index (χ1n) is 6.36. The van der Waals surface area contributed by atoms with Crippen molar-refractivity contribution in [2.24, 2.45) is 0 Å². The fourth-order valence-corrected chi connectivity index (χ4v) is 1.61. The molecule has 96 valence electrons. The van der Waals surface area contributed by atoms with Gasteiger partial charge >= 0.3 is 0 Å². The van der Waals surface area contributed by atoms with E-state index < -0.39 is 0 Å². The lowest BCUT2D eigenvalue weighted by atomic mass is 10.3. The van der Waals surface area contributed by atoms with E-state index >= 15 is 0 Å². The average Bonchev–Trinajstić information content (AvgIpc) is 2.90. The molecule has 2 nitrogen and oxygen atoms in total. The van der Waals surface area contributed by atoms with Gasteiger partial charge in [0.1, 0.15) is 5.52 Å². The summed E-state index contributed by atoms with van der Waals surface area (Å²) < 4.78 is 5.51. The molecule has 0 fully saturated rings. The summed E-state index contributed by atoms with van der Waals surface area (Å²) in [5.74, 6) is 0.777. The molecular weight excluding hydrogens is 234 g/mol. The number of fused-ring (bicyclic) bond motifs is 1. The van der Waals surface area contributed by atoms with Crippen molar-refractivity contribution in [2.75, 3.05) is 0 Å². The molecule has 2 aromatic carbocycles. The Balaban J connectivity index is 0.000000186.